The van der Waals surface area contributed by atoms with Crippen LogP contribution in [0.15, 0.2) is 82.2 Å². The van der Waals surface area contributed by atoms with Crippen molar-refractivity contribution in [1.29, 1.82) is 0 Å². The maximum atomic E-state index is 14.0. The number of hydrogen-bond donors (Lipinski definition) is 1. The van der Waals surface area contributed by atoms with Gasteiger partial charge in [0.1, 0.15) is 12.6 Å². The molecule has 208 valence electrons. The van der Waals surface area contributed by atoms with Gasteiger partial charge in [-0.3, -0.25) is 13.9 Å². The second kappa shape index (κ2) is 12.3. The van der Waals surface area contributed by atoms with Crippen LogP contribution in [0.2, 0.25) is 0 Å². The van der Waals surface area contributed by atoms with Gasteiger partial charge in [0.05, 0.1) is 10.6 Å². The van der Waals surface area contributed by atoms with Crippen molar-refractivity contribution < 1.29 is 18.0 Å². The van der Waals surface area contributed by atoms with Gasteiger partial charge < -0.3 is 10.2 Å². The molecule has 3 aromatic rings. The van der Waals surface area contributed by atoms with Crippen LogP contribution in [-0.4, -0.2) is 43.3 Å². The SMILES string of the molecule is Cc1cccc(N(CC(=O)N(Cc2cccc(Br)c2)[C@@H](C)C(=O)NC(C)(C)C)S(=O)(=O)c2ccccc2)c1C. The third-order valence-corrected chi connectivity index (χ3v) is 8.63. The van der Waals surface area contributed by atoms with Crippen molar-refractivity contribution in [2.75, 3.05) is 10.8 Å². The van der Waals surface area contributed by atoms with E-state index in [1.54, 1.807) is 37.3 Å². The Hall–Kier alpha value is -3.17. The van der Waals surface area contributed by atoms with Gasteiger partial charge in [0.2, 0.25) is 11.8 Å². The van der Waals surface area contributed by atoms with Crippen LogP contribution in [0.1, 0.15) is 44.4 Å². The summed E-state index contributed by atoms with van der Waals surface area (Å²) in [7, 11) is -4.10. The Morgan fingerprint density at radius 3 is 2.21 bits per heavy atom. The standard InChI is InChI=1S/C30H36BrN3O4S/c1-21-12-10-17-27(22(21)2)34(39(37,38)26-15-8-7-9-16-26)20-28(35)33(19-24-13-11-14-25(31)18-24)23(3)29(36)32-30(4,5)6/h7-18,23H,19-20H2,1-6H3,(H,32,36)/t23-/m0/s1. The maximum absolute atomic E-state index is 14.0. The topological polar surface area (TPSA) is 86.8 Å². The summed E-state index contributed by atoms with van der Waals surface area (Å²) in [6.07, 6.45) is 0. The number of sulfonamides is 1. The molecule has 2 amide bonds. The van der Waals surface area contributed by atoms with E-state index in [1.165, 1.54) is 17.0 Å². The summed E-state index contributed by atoms with van der Waals surface area (Å²) in [5, 5.41) is 2.94. The predicted molar refractivity (Wildman–Crippen MR) is 159 cm³/mol. The Bertz CT molecular complexity index is 1440. The largest absolute Gasteiger partial charge is 0.350 e. The highest BCUT2D eigenvalue weighted by Crippen LogP contribution is 2.29. The third-order valence-electron chi connectivity index (χ3n) is 6.36. The van der Waals surface area contributed by atoms with Crippen molar-refractivity contribution in [2.24, 2.45) is 0 Å². The first kappa shape index (κ1) is 30.4. The highest BCUT2D eigenvalue weighted by atomic mass is 79.9. The number of amides is 2. The van der Waals surface area contributed by atoms with Gasteiger partial charge in [-0.1, -0.05) is 58.4 Å². The summed E-state index contributed by atoms with van der Waals surface area (Å²) in [5.74, 6) is -0.818. The monoisotopic (exact) mass is 613 g/mol. The Labute approximate surface area is 240 Å². The Morgan fingerprint density at radius 2 is 1.59 bits per heavy atom. The fourth-order valence-electron chi connectivity index (χ4n) is 4.13. The molecule has 0 heterocycles. The number of nitrogens with one attached hydrogen (secondary N) is 1. The molecule has 0 saturated carbocycles. The number of anilines is 1. The fourth-order valence-corrected chi connectivity index (χ4v) is 6.07. The number of aryl methyl sites for hydroxylation is 1. The number of nitrogens with zero attached hydrogens (tertiary/aromatic N) is 2. The van der Waals surface area contributed by atoms with E-state index in [0.29, 0.717) is 5.69 Å². The highest BCUT2D eigenvalue weighted by Gasteiger charge is 2.34. The number of carbonyl (C=O) groups is 2. The lowest BCUT2D eigenvalue weighted by molar-refractivity contribution is -0.140. The molecule has 9 heteroatoms. The molecule has 3 aromatic carbocycles. The molecular weight excluding hydrogens is 578 g/mol. The predicted octanol–water partition coefficient (Wildman–Crippen LogP) is 5.59. The van der Waals surface area contributed by atoms with Crippen LogP contribution in [0.25, 0.3) is 0 Å². The molecule has 0 saturated heterocycles. The summed E-state index contributed by atoms with van der Waals surface area (Å²) in [5.41, 5.74) is 2.37. The zero-order valence-corrected chi connectivity index (χ0v) is 25.6. The lowest BCUT2D eigenvalue weighted by Crippen LogP contribution is -2.54. The van der Waals surface area contributed by atoms with Crippen molar-refractivity contribution in [3.05, 3.63) is 94.0 Å². The van der Waals surface area contributed by atoms with Gasteiger partial charge in [-0.15, -0.1) is 0 Å². The molecule has 1 atom stereocenters. The smallest absolute Gasteiger partial charge is 0.264 e. The van der Waals surface area contributed by atoms with E-state index in [4.69, 9.17) is 0 Å². The molecule has 1 N–H and O–H groups in total. The molecule has 0 aliphatic rings. The van der Waals surface area contributed by atoms with Crippen LogP contribution in [0, 0.1) is 13.8 Å². The van der Waals surface area contributed by atoms with Crippen molar-refractivity contribution in [3.63, 3.8) is 0 Å². The molecule has 0 aromatic heterocycles. The van der Waals surface area contributed by atoms with Gasteiger partial charge in [-0.2, -0.15) is 0 Å². The maximum Gasteiger partial charge on any atom is 0.264 e. The van der Waals surface area contributed by atoms with Crippen LogP contribution < -0.4 is 9.62 Å². The number of halogens is 1. The van der Waals surface area contributed by atoms with Crippen molar-refractivity contribution in [3.8, 4) is 0 Å². The summed E-state index contributed by atoms with van der Waals surface area (Å²) in [6, 6.07) is 20.0. The molecule has 0 unspecified atom stereocenters. The van der Waals surface area contributed by atoms with Crippen LogP contribution in [-0.2, 0) is 26.2 Å². The first-order valence-corrected chi connectivity index (χ1v) is 14.9. The van der Waals surface area contributed by atoms with E-state index in [9.17, 15) is 18.0 Å². The number of carbonyl (C=O) groups excluding carboxylic acids is 2. The molecule has 0 fully saturated rings. The molecule has 39 heavy (non-hydrogen) atoms. The minimum atomic E-state index is -4.10. The van der Waals surface area contributed by atoms with E-state index in [2.05, 4.69) is 21.2 Å². The average Bonchev–Trinajstić information content (AvgIpc) is 2.86. The van der Waals surface area contributed by atoms with Crippen molar-refractivity contribution in [1.82, 2.24) is 10.2 Å². The van der Waals surface area contributed by atoms with Crippen LogP contribution in [0.5, 0.6) is 0 Å². The quantitative estimate of drug-likeness (QED) is 0.341. The van der Waals surface area contributed by atoms with Crippen LogP contribution in [0.4, 0.5) is 5.69 Å². The highest BCUT2D eigenvalue weighted by molar-refractivity contribution is 9.10. The molecule has 0 radical (unpaired) electrons. The van der Waals surface area contributed by atoms with Crippen LogP contribution >= 0.6 is 15.9 Å². The van der Waals surface area contributed by atoms with Gasteiger partial charge in [0, 0.05) is 16.6 Å². The summed E-state index contributed by atoms with van der Waals surface area (Å²) < 4.78 is 29.8. The fraction of sp³-hybridized carbons (Fsp3) is 0.333. The minimum Gasteiger partial charge on any atom is -0.350 e. The molecular formula is C30H36BrN3O4S. The zero-order chi connectivity index (χ0) is 29.0. The van der Waals surface area contributed by atoms with Crippen molar-refractivity contribution >= 4 is 43.5 Å². The Kier molecular flexibility index (Phi) is 9.61. The number of hydrogen-bond acceptors (Lipinski definition) is 4. The first-order valence-electron chi connectivity index (χ1n) is 12.7. The van der Waals surface area contributed by atoms with Gasteiger partial charge in [0.15, 0.2) is 0 Å². The molecule has 0 aliphatic carbocycles. The summed E-state index contributed by atoms with van der Waals surface area (Å²) >= 11 is 3.46. The van der Waals surface area contributed by atoms with E-state index < -0.39 is 34.1 Å². The third kappa shape index (κ3) is 7.70. The normalized spacial score (nSPS) is 12.5. The lowest BCUT2D eigenvalue weighted by Gasteiger charge is -2.34. The zero-order valence-electron chi connectivity index (χ0n) is 23.2. The summed E-state index contributed by atoms with van der Waals surface area (Å²) in [6.45, 7) is 10.6. The van der Waals surface area contributed by atoms with Gasteiger partial charge >= 0.3 is 0 Å². The molecule has 0 bridgehead atoms. The van der Waals surface area contributed by atoms with Gasteiger partial charge in [-0.25, -0.2) is 8.42 Å². The number of rotatable bonds is 9. The molecule has 3 rings (SSSR count). The minimum absolute atomic E-state index is 0.0794. The second-order valence-electron chi connectivity index (χ2n) is 10.6. The van der Waals surface area contributed by atoms with Gasteiger partial charge in [0.25, 0.3) is 10.0 Å². The second-order valence-corrected chi connectivity index (χ2v) is 13.4. The number of benzene rings is 3. The first-order chi connectivity index (χ1) is 18.2. The molecule has 0 aliphatic heterocycles. The van der Waals surface area contributed by atoms with E-state index >= 15 is 0 Å². The van der Waals surface area contributed by atoms with Gasteiger partial charge in [-0.05, 0) is 88.6 Å². The van der Waals surface area contributed by atoms with Crippen LogP contribution in [0.3, 0.4) is 0 Å². The lowest BCUT2D eigenvalue weighted by atomic mass is 10.1. The summed E-state index contributed by atoms with van der Waals surface area (Å²) in [4.78, 5) is 28.7. The molecule has 7 nitrogen and oxygen atoms in total. The molecule has 0 spiro atoms. The van der Waals surface area contributed by atoms with E-state index in [1.807, 2.05) is 65.0 Å². The Balaban J connectivity index is 2.07. The average molecular weight is 615 g/mol. The Morgan fingerprint density at radius 1 is 0.949 bits per heavy atom. The van der Waals surface area contributed by atoms with E-state index in [-0.39, 0.29) is 17.3 Å². The van der Waals surface area contributed by atoms with E-state index in [0.717, 1.165) is 25.5 Å². The van der Waals surface area contributed by atoms with Crippen molar-refractivity contribution in [2.45, 2.75) is 64.6 Å².